The molecule has 0 radical (unpaired) electrons. The molecule has 11 nitrogen and oxygen atoms in total. The van der Waals surface area contributed by atoms with Crippen LogP contribution in [0.25, 0.3) is 0 Å². The van der Waals surface area contributed by atoms with Crippen molar-refractivity contribution in [3.05, 3.63) is 85.1 Å². The van der Waals surface area contributed by atoms with E-state index in [1.807, 2.05) is 6.08 Å². The molecule has 1 aliphatic rings. The number of ether oxygens (including phenoxy) is 3. The van der Waals surface area contributed by atoms with E-state index in [1.54, 1.807) is 6.08 Å². The second-order valence-electron chi connectivity index (χ2n) is 22.8. The number of carbonyl (C=O) groups is 2. The fourth-order valence-corrected chi connectivity index (χ4v) is 9.95. The van der Waals surface area contributed by atoms with Gasteiger partial charge >= 0.3 is 5.97 Å². The molecular weight excluding hydrogens is 1010 g/mol. The van der Waals surface area contributed by atoms with E-state index in [9.17, 15) is 35.1 Å². The third-order valence-electron chi connectivity index (χ3n) is 15.2. The molecule has 0 aliphatic carbocycles. The van der Waals surface area contributed by atoms with Gasteiger partial charge in [0.05, 0.1) is 32.0 Å². The Morgan fingerprint density at radius 3 is 1.35 bits per heavy atom. The summed E-state index contributed by atoms with van der Waals surface area (Å²) in [6, 6.07) is -0.838. The molecule has 6 N–H and O–H groups in total. The number of aliphatic hydroxyl groups excluding tert-OH is 5. The first-order chi connectivity index (χ1) is 39.7. The van der Waals surface area contributed by atoms with Gasteiger partial charge in [-0.15, -0.1) is 0 Å². The summed E-state index contributed by atoms with van der Waals surface area (Å²) in [6.07, 6.45) is 70.0. The largest absolute Gasteiger partial charge is 0.466 e. The number of rotatable bonds is 57. The molecule has 1 heterocycles. The molecule has 11 heteroatoms. The number of carbonyl (C=O) groups excluding carboxylic acids is 2. The summed E-state index contributed by atoms with van der Waals surface area (Å²) in [5.41, 5.74) is 0. The average Bonchev–Trinajstić information content (AvgIpc) is 3.51. The second-order valence-corrected chi connectivity index (χ2v) is 22.8. The predicted octanol–water partition coefficient (Wildman–Crippen LogP) is 16.5. The highest BCUT2D eigenvalue weighted by Crippen LogP contribution is 2.23. The van der Waals surface area contributed by atoms with Crippen LogP contribution in [-0.2, 0) is 23.8 Å². The van der Waals surface area contributed by atoms with Crippen LogP contribution in [0.5, 0.6) is 0 Å². The number of aliphatic hydroxyl groups is 5. The Morgan fingerprint density at radius 1 is 0.469 bits per heavy atom. The lowest BCUT2D eigenvalue weighted by Crippen LogP contribution is -2.60. The summed E-state index contributed by atoms with van der Waals surface area (Å²) in [6.45, 7) is 4.17. The van der Waals surface area contributed by atoms with E-state index in [2.05, 4.69) is 92.1 Å². The maximum absolute atomic E-state index is 13.0. The highest BCUT2D eigenvalue weighted by Gasteiger charge is 2.44. The number of hydrogen-bond donors (Lipinski definition) is 6. The highest BCUT2D eigenvalue weighted by atomic mass is 16.7. The molecule has 1 saturated heterocycles. The Labute approximate surface area is 495 Å². The van der Waals surface area contributed by atoms with Crippen molar-refractivity contribution in [1.29, 1.82) is 0 Å². The first kappa shape index (κ1) is 75.9. The van der Waals surface area contributed by atoms with E-state index in [1.165, 1.54) is 161 Å². The van der Waals surface area contributed by atoms with E-state index in [0.29, 0.717) is 19.4 Å². The maximum Gasteiger partial charge on any atom is 0.305 e. The lowest BCUT2D eigenvalue weighted by molar-refractivity contribution is -0.302. The van der Waals surface area contributed by atoms with Crippen molar-refractivity contribution >= 4 is 11.9 Å². The van der Waals surface area contributed by atoms with E-state index in [0.717, 1.165) is 96.3 Å². The molecule has 468 valence electrons. The van der Waals surface area contributed by atoms with Crippen LogP contribution in [-0.4, -0.2) is 100 Å². The van der Waals surface area contributed by atoms with Crippen molar-refractivity contribution in [3.8, 4) is 0 Å². The number of amides is 1. The van der Waals surface area contributed by atoms with Gasteiger partial charge in [0.2, 0.25) is 5.91 Å². The minimum Gasteiger partial charge on any atom is -0.466 e. The SMILES string of the molecule is CC/C=C/CC/C=C/CC/C=C/C(O)C(COC1OC(CO)C(O)C(O)C1O)NC(=O)CCCCCCCCCCCCC/C=C\C/C=C\CCCCCCCCCCCOC(=O)CCCCCCC/C=C\C/C=C\CCCCCC. The molecule has 0 aromatic heterocycles. The molecular formula is C70H123NO10. The van der Waals surface area contributed by atoms with Crippen molar-refractivity contribution in [1.82, 2.24) is 5.32 Å². The molecule has 7 atom stereocenters. The summed E-state index contributed by atoms with van der Waals surface area (Å²) in [7, 11) is 0. The Hall–Kier alpha value is -3.16. The third-order valence-corrected chi connectivity index (χ3v) is 15.2. The van der Waals surface area contributed by atoms with Gasteiger partial charge in [-0.3, -0.25) is 9.59 Å². The summed E-state index contributed by atoms with van der Waals surface area (Å²) in [5.74, 6) is -0.217. The van der Waals surface area contributed by atoms with Crippen molar-refractivity contribution in [3.63, 3.8) is 0 Å². The Balaban J connectivity index is 1.98. The first-order valence-corrected chi connectivity index (χ1v) is 33.4. The van der Waals surface area contributed by atoms with Crippen molar-refractivity contribution < 1.29 is 49.3 Å². The van der Waals surface area contributed by atoms with Crippen molar-refractivity contribution in [2.24, 2.45) is 0 Å². The predicted molar refractivity (Wildman–Crippen MR) is 338 cm³/mol. The standard InChI is InChI=1S/C70H123NO10/c1-3-5-7-9-11-13-15-16-17-32-35-38-42-46-50-54-58-66(75)79-59-55-51-47-43-39-36-33-30-28-26-24-22-20-18-19-21-23-25-27-29-31-34-37-41-45-49-53-57-65(74)71-62(61-80-70-69(78)68(77)67(76)64(60-72)81-70)63(73)56-52-48-44-40-14-12-10-8-6-4-2/h6,8,13-15,17-19,22,24,32,40,52,56,62-64,67-70,72-73,76-78H,3-5,7,9-12,16,20-21,23,25-31,33-39,41-51,53-55,57-61H2,1-2H3,(H,71,74)/b8-6+,15-13-,19-18-,24-22-,32-17-,40-14+,56-52+. The highest BCUT2D eigenvalue weighted by molar-refractivity contribution is 5.76. The average molecular weight is 1140 g/mol. The quantitative estimate of drug-likeness (QED) is 0.0195. The van der Waals surface area contributed by atoms with Crippen LogP contribution < -0.4 is 5.32 Å². The molecule has 1 rings (SSSR count). The molecule has 0 saturated carbocycles. The second kappa shape index (κ2) is 58.6. The normalized spacial score (nSPS) is 18.8. The van der Waals surface area contributed by atoms with E-state index < -0.39 is 49.5 Å². The smallest absolute Gasteiger partial charge is 0.305 e. The zero-order valence-corrected chi connectivity index (χ0v) is 51.7. The molecule has 1 fully saturated rings. The van der Waals surface area contributed by atoms with Crippen LogP contribution in [0.15, 0.2) is 85.1 Å². The summed E-state index contributed by atoms with van der Waals surface area (Å²) in [4.78, 5) is 25.1. The fraction of sp³-hybridized carbons (Fsp3) is 0.771. The molecule has 7 unspecified atom stereocenters. The number of allylic oxidation sites excluding steroid dienone is 13. The Morgan fingerprint density at radius 2 is 0.877 bits per heavy atom. The fourth-order valence-electron chi connectivity index (χ4n) is 9.95. The van der Waals surface area contributed by atoms with E-state index >= 15 is 0 Å². The summed E-state index contributed by atoms with van der Waals surface area (Å²) >= 11 is 0. The summed E-state index contributed by atoms with van der Waals surface area (Å²) in [5, 5.41) is 54.2. The molecule has 1 amide bonds. The minimum atomic E-state index is -1.58. The van der Waals surface area contributed by atoms with Crippen LogP contribution in [0.2, 0.25) is 0 Å². The van der Waals surface area contributed by atoms with Gasteiger partial charge in [0.25, 0.3) is 0 Å². The molecule has 81 heavy (non-hydrogen) atoms. The van der Waals surface area contributed by atoms with Gasteiger partial charge in [-0.05, 0) is 116 Å². The topological polar surface area (TPSA) is 175 Å². The van der Waals surface area contributed by atoms with Crippen molar-refractivity contribution in [2.75, 3.05) is 19.8 Å². The molecule has 0 aromatic rings. The van der Waals surface area contributed by atoms with Crippen LogP contribution in [0.4, 0.5) is 0 Å². The number of esters is 1. The van der Waals surface area contributed by atoms with Gasteiger partial charge in [0.1, 0.15) is 24.4 Å². The van der Waals surface area contributed by atoms with Gasteiger partial charge in [-0.2, -0.15) is 0 Å². The Kier molecular flexibility index (Phi) is 54.9. The van der Waals surface area contributed by atoms with Gasteiger partial charge in [-0.25, -0.2) is 0 Å². The minimum absolute atomic E-state index is 0.0139. The molecule has 0 aromatic carbocycles. The van der Waals surface area contributed by atoms with Gasteiger partial charge in [0, 0.05) is 12.8 Å². The zero-order chi connectivity index (χ0) is 58.7. The van der Waals surface area contributed by atoms with Gasteiger partial charge in [0.15, 0.2) is 6.29 Å². The number of unbranched alkanes of at least 4 members (excludes halogenated alkanes) is 31. The van der Waals surface area contributed by atoms with Gasteiger partial charge in [-0.1, -0.05) is 240 Å². The van der Waals surface area contributed by atoms with Crippen LogP contribution in [0, 0.1) is 0 Å². The van der Waals surface area contributed by atoms with Crippen LogP contribution in [0.1, 0.15) is 284 Å². The lowest BCUT2D eigenvalue weighted by atomic mass is 9.99. The third kappa shape index (κ3) is 47.8. The number of nitrogens with one attached hydrogen (secondary N) is 1. The monoisotopic (exact) mass is 1140 g/mol. The van der Waals surface area contributed by atoms with Crippen molar-refractivity contribution in [2.45, 2.75) is 326 Å². The lowest BCUT2D eigenvalue weighted by Gasteiger charge is -2.40. The molecule has 1 aliphatic heterocycles. The molecule has 0 spiro atoms. The van der Waals surface area contributed by atoms with Gasteiger partial charge < -0.3 is 45.1 Å². The maximum atomic E-state index is 13.0. The van der Waals surface area contributed by atoms with Crippen LogP contribution in [0.3, 0.4) is 0 Å². The van der Waals surface area contributed by atoms with Crippen LogP contribution >= 0.6 is 0 Å². The zero-order valence-electron chi connectivity index (χ0n) is 51.7. The summed E-state index contributed by atoms with van der Waals surface area (Å²) < 4.78 is 16.7. The first-order valence-electron chi connectivity index (χ1n) is 33.4. The van der Waals surface area contributed by atoms with E-state index in [-0.39, 0.29) is 18.5 Å². The number of hydrogen-bond acceptors (Lipinski definition) is 10. The van der Waals surface area contributed by atoms with E-state index in [4.69, 9.17) is 14.2 Å². The molecule has 0 bridgehead atoms. The Bertz CT molecular complexity index is 1620.